The first-order valence-corrected chi connectivity index (χ1v) is 6.80. The second-order valence-electron chi connectivity index (χ2n) is 4.24. The number of aromatic nitrogens is 1. The number of rotatable bonds is 5. The summed E-state index contributed by atoms with van der Waals surface area (Å²) in [6.07, 6.45) is 3.89. The summed E-state index contributed by atoms with van der Waals surface area (Å²) in [6, 6.07) is 7.10. The van der Waals surface area contributed by atoms with E-state index < -0.39 is 0 Å². The maximum Gasteiger partial charge on any atom is 0.141 e. The second-order valence-corrected chi connectivity index (χ2v) is 5.06. The minimum atomic E-state index is -0.176. The predicted octanol–water partition coefficient (Wildman–Crippen LogP) is 3.14. The monoisotopic (exact) mass is 311 g/mol. The number of nitrogens with two attached hydrogens (primary N) is 1. The van der Waals surface area contributed by atoms with Crippen LogP contribution in [0.1, 0.15) is 17.2 Å². The average molecular weight is 312 g/mol. The van der Waals surface area contributed by atoms with Crippen LogP contribution < -0.4 is 16.0 Å². The van der Waals surface area contributed by atoms with E-state index in [2.05, 4.69) is 10.4 Å². The summed E-state index contributed by atoms with van der Waals surface area (Å²) < 4.78 is 5.30. The van der Waals surface area contributed by atoms with Gasteiger partial charge in [0.1, 0.15) is 5.75 Å². The third-order valence-electron chi connectivity index (χ3n) is 3.08. The van der Waals surface area contributed by atoms with Crippen molar-refractivity contribution in [3.8, 4) is 5.75 Å². The zero-order chi connectivity index (χ0) is 14.5. The fourth-order valence-corrected chi connectivity index (χ4v) is 2.59. The minimum Gasteiger partial charge on any atom is -0.495 e. The van der Waals surface area contributed by atoms with Gasteiger partial charge in [0.25, 0.3) is 0 Å². The second kappa shape index (κ2) is 6.90. The van der Waals surface area contributed by atoms with Crippen LogP contribution in [0.4, 0.5) is 0 Å². The molecule has 1 unspecified atom stereocenters. The summed E-state index contributed by atoms with van der Waals surface area (Å²) in [4.78, 5) is 4.03. The van der Waals surface area contributed by atoms with Gasteiger partial charge in [-0.1, -0.05) is 29.3 Å². The van der Waals surface area contributed by atoms with Crippen molar-refractivity contribution in [2.75, 3.05) is 7.11 Å². The lowest BCUT2D eigenvalue weighted by Gasteiger charge is -2.20. The molecule has 0 aliphatic heterocycles. The SMILES string of the molecule is COc1cnccc1C(Cc1c(Cl)cccc1Cl)NN. The molecule has 0 fully saturated rings. The number of halogens is 2. The molecule has 0 bridgehead atoms. The maximum absolute atomic E-state index is 6.20. The Morgan fingerprint density at radius 2 is 2.00 bits per heavy atom. The highest BCUT2D eigenvalue weighted by atomic mass is 35.5. The molecular weight excluding hydrogens is 297 g/mol. The molecule has 0 aliphatic rings. The van der Waals surface area contributed by atoms with Crippen molar-refractivity contribution < 1.29 is 4.74 Å². The molecule has 2 aromatic rings. The Labute approximate surface area is 127 Å². The van der Waals surface area contributed by atoms with Gasteiger partial charge in [0.05, 0.1) is 19.3 Å². The Hall–Kier alpha value is -1.33. The smallest absolute Gasteiger partial charge is 0.141 e. The summed E-state index contributed by atoms with van der Waals surface area (Å²) in [5.74, 6) is 6.33. The molecule has 0 spiro atoms. The number of hydrogen-bond acceptors (Lipinski definition) is 4. The van der Waals surface area contributed by atoms with E-state index in [-0.39, 0.29) is 6.04 Å². The van der Waals surface area contributed by atoms with Crippen LogP contribution in [0, 0.1) is 0 Å². The molecule has 1 heterocycles. The van der Waals surface area contributed by atoms with Gasteiger partial charge in [0.15, 0.2) is 0 Å². The number of hydrazine groups is 1. The van der Waals surface area contributed by atoms with Crippen LogP contribution in [0.15, 0.2) is 36.7 Å². The molecule has 0 radical (unpaired) electrons. The van der Waals surface area contributed by atoms with Gasteiger partial charge in [-0.2, -0.15) is 0 Å². The lowest BCUT2D eigenvalue weighted by atomic mass is 9.99. The van der Waals surface area contributed by atoms with E-state index in [9.17, 15) is 0 Å². The van der Waals surface area contributed by atoms with Crippen molar-refractivity contribution in [1.29, 1.82) is 0 Å². The highest BCUT2D eigenvalue weighted by Crippen LogP contribution is 2.31. The van der Waals surface area contributed by atoms with E-state index in [0.717, 1.165) is 11.1 Å². The first-order chi connectivity index (χ1) is 9.67. The number of ether oxygens (including phenoxy) is 1. The highest BCUT2D eigenvalue weighted by molar-refractivity contribution is 6.36. The predicted molar refractivity (Wildman–Crippen MR) is 81.0 cm³/mol. The van der Waals surface area contributed by atoms with Gasteiger partial charge < -0.3 is 4.74 Å². The summed E-state index contributed by atoms with van der Waals surface area (Å²) in [5, 5.41) is 1.23. The number of nitrogens with zero attached hydrogens (tertiary/aromatic N) is 1. The first-order valence-electron chi connectivity index (χ1n) is 6.04. The minimum absolute atomic E-state index is 0.176. The summed E-state index contributed by atoms with van der Waals surface area (Å²) in [5.41, 5.74) is 4.52. The van der Waals surface area contributed by atoms with Crippen LogP contribution in [-0.2, 0) is 6.42 Å². The van der Waals surface area contributed by atoms with Crippen LogP contribution in [0.25, 0.3) is 0 Å². The quantitative estimate of drug-likeness (QED) is 0.658. The van der Waals surface area contributed by atoms with E-state index >= 15 is 0 Å². The van der Waals surface area contributed by atoms with Crippen molar-refractivity contribution >= 4 is 23.2 Å². The Morgan fingerprint density at radius 3 is 2.60 bits per heavy atom. The van der Waals surface area contributed by atoms with Gasteiger partial charge in [-0.3, -0.25) is 16.3 Å². The van der Waals surface area contributed by atoms with Gasteiger partial charge >= 0.3 is 0 Å². The highest BCUT2D eigenvalue weighted by Gasteiger charge is 2.18. The topological polar surface area (TPSA) is 60.2 Å². The Morgan fingerprint density at radius 1 is 1.30 bits per heavy atom. The molecule has 0 saturated heterocycles. The van der Waals surface area contributed by atoms with Crippen molar-refractivity contribution in [3.05, 3.63) is 57.8 Å². The summed E-state index contributed by atoms with van der Waals surface area (Å²) in [7, 11) is 1.59. The number of methoxy groups -OCH3 is 1. The third kappa shape index (κ3) is 3.22. The fraction of sp³-hybridized carbons (Fsp3) is 0.214. The Bertz CT molecular complexity index is 572. The number of hydrogen-bond donors (Lipinski definition) is 2. The normalized spacial score (nSPS) is 12.2. The van der Waals surface area contributed by atoms with Crippen LogP contribution in [0.5, 0.6) is 5.75 Å². The van der Waals surface area contributed by atoms with Crippen LogP contribution in [0.2, 0.25) is 10.0 Å². The number of nitrogens with one attached hydrogen (secondary N) is 1. The summed E-state index contributed by atoms with van der Waals surface area (Å²) in [6.45, 7) is 0. The zero-order valence-corrected chi connectivity index (χ0v) is 12.4. The number of benzene rings is 1. The molecule has 1 aromatic carbocycles. The van der Waals surface area contributed by atoms with Gasteiger partial charge in [-0.25, -0.2) is 0 Å². The van der Waals surface area contributed by atoms with Gasteiger partial charge in [0.2, 0.25) is 0 Å². The molecule has 2 rings (SSSR count). The summed E-state index contributed by atoms with van der Waals surface area (Å²) >= 11 is 12.4. The molecule has 1 atom stereocenters. The van der Waals surface area contributed by atoms with E-state index in [1.165, 1.54) is 0 Å². The third-order valence-corrected chi connectivity index (χ3v) is 3.79. The van der Waals surface area contributed by atoms with Gasteiger partial charge in [0, 0.05) is 21.8 Å². The van der Waals surface area contributed by atoms with Crippen LogP contribution in [0.3, 0.4) is 0 Å². The Balaban J connectivity index is 2.34. The molecule has 0 amide bonds. The van der Waals surface area contributed by atoms with E-state index in [4.69, 9.17) is 33.8 Å². The van der Waals surface area contributed by atoms with E-state index in [0.29, 0.717) is 22.2 Å². The van der Waals surface area contributed by atoms with Gasteiger partial charge in [-0.05, 0) is 30.2 Å². The maximum atomic E-state index is 6.20. The molecule has 0 aliphatic carbocycles. The lowest BCUT2D eigenvalue weighted by Crippen LogP contribution is -2.30. The average Bonchev–Trinajstić information content (AvgIpc) is 2.47. The van der Waals surface area contributed by atoms with Crippen LogP contribution >= 0.6 is 23.2 Å². The lowest BCUT2D eigenvalue weighted by molar-refractivity contribution is 0.397. The van der Waals surface area contributed by atoms with Crippen molar-refractivity contribution in [3.63, 3.8) is 0 Å². The molecule has 4 nitrogen and oxygen atoms in total. The molecule has 20 heavy (non-hydrogen) atoms. The molecule has 0 saturated carbocycles. The Kier molecular flexibility index (Phi) is 5.20. The first kappa shape index (κ1) is 15.1. The molecule has 106 valence electrons. The number of pyridine rings is 1. The van der Waals surface area contributed by atoms with Crippen molar-refractivity contribution in [2.24, 2.45) is 5.84 Å². The van der Waals surface area contributed by atoms with Crippen molar-refractivity contribution in [1.82, 2.24) is 10.4 Å². The molecule has 1 aromatic heterocycles. The molecule has 3 N–H and O–H groups in total. The van der Waals surface area contributed by atoms with Crippen molar-refractivity contribution in [2.45, 2.75) is 12.5 Å². The van der Waals surface area contributed by atoms with Crippen LogP contribution in [-0.4, -0.2) is 12.1 Å². The zero-order valence-electron chi connectivity index (χ0n) is 10.9. The largest absolute Gasteiger partial charge is 0.495 e. The standard InChI is InChI=1S/C14H15Cl2N3O/c1-20-14-8-18-6-5-9(14)13(19-17)7-10-11(15)3-2-4-12(10)16/h2-6,8,13,19H,7,17H2,1H3. The van der Waals surface area contributed by atoms with Gasteiger partial charge in [-0.15, -0.1) is 0 Å². The molecule has 6 heteroatoms. The molecular formula is C14H15Cl2N3O. The fourth-order valence-electron chi connectivity index (χ4n) is 2.04. The van der Waals surface area contributed by atoms with E-state index in [1.54, 1.807) is 31.6 Å². The van der Waals surface area contributed by atoms with E-state index in [1.807, 2.05) is 12.1 Å².